The molecule has 0 aliphatic heterocycles. The largest absolute Gasteiger partial charge is 0.481 e. The molecule has 0 radical (unpaired) electrons. The molecule has 1 spiro atoms. The number of hydrogen-bond donors (Lipinski definition) is 2. The maximum absolute atomic E-state index is 12.1. The van der Waals surface area contributed by atoms with E-state index in [1.807, 2.05) is 6.92 Å². The van der Waals surface area contributed by atoms with Crippen LogP contribution in [0.1, 0.15) is 71.6 Å². The van der Waals surface area contributed by atoms with Crippen LogP contribution in [0.25, 0.3) is 0 Å². The smallest absolute Gasteiger partial charge is 0.309 e. The van der Waals surface area contributed by atoms with Crippen molar-refractivity contribution in [1.29, 1.82) is 0 Å². The number of aliphatic carboxylic acids is 1. The first-order valence-electron chi connectivity index (χ1n) is 9.70. The molecule has 23 heavy (non-hydrogen) atoms. The van der Waals surface area contributed by atoms with Gasteiger partial charge in [0.25, 0.3) is 0 Å². The van der Waals surface area contributed by atoms with Crippen LogP contribution in [0.3, 0.4) is 0 Å². The van der Waals surface area contributed by atoms with E-state index in [4.69, 9.17) is 0 Å². The lowest BCUT2D eigenvalue weighted by Gasteiger charge is -2.63. The molecule has 2 N–H and O–H groups in total. The summed E-state index contributed by atoms with van der Waals surface area (Å²) in [6.07, 6.45) is 10.4. The second-order valence-corrected chi connectivity index (χ2v) is 9.78. The zero-order chi connectivity index (χ0) is 16.5. The van der Waals surface area contributed by atoms with Gasteiger partial charge >= 0.3 is 5.97 Å². The van der Waals surface area contributed by atoms with Crippen LogP contribution in [-0.2, 0) is 4.79 Å². The van der Waals surface area contributed by atoms with Crippen molar-refractivity contribution in [3.8, 4) is 0 Å². The van der Waals surface area contributed by atoms with Gasteiger partial charge in [-0.05, 0) is 92.8 Å². The fourth-order valence-electron chi connectivity index (χ4n) is 8.06. The van der Waals surface area contributed by atoms with Gasteiger partial charge in [0, 0.05) is 6.61 Å². The average Bonchev–Trinajstić information content (AvgIpc) is 2.77. The number of aliphatic hydroxyl groups is 1. The van der Waals surface area contributed by atoms with Crippen LogP contribution >= 0.6 is 0 Å². The summed E-state index contributed by atoms with van der Waals surface area (Å²) in [6.45, 7) is 4.80. The van der Waals surface area contributed by atoms with E-state index in [1.54, 1.807) is 0 Å². The predicted molar refractivity (Wildman–Crippen MR) is 88.9 cm³/mol. The molecule has 3 heteroatoms. The summed E-state index contributed by atoms with van der Waals surface area (Å²) < 4.78 is 0. The Bertz CT molecular complexity index is 517. The van der Waals surface area contributed by atoms with Crippen molar-refractivity contribution in [3.05, 3.63) is 0 Å². The predicted octanol–water partition coefficient (Wildman–Crippen LogP) is 4.09. The summed E-state index contributed by atoms with van der Waals surface area (Å²) in [5.41, 5.74) is 0.0811. The highest BCUT2D eigenvalue weighted by Crippen LogP contribution is 2.72. The van der Waals surface area contributed by atoms with Gasteiger partial charge in [-0.2, -0.15) is 0 Å². The molecule has 4 saturated carbocycles. The highest BCUT2D eigenvalue weighted by Gasteiger charge is 2.65. The lowest BCUT2D eigenvalue weighted by molar-refractivity contribution is -0.181. The van der Waals surface area contributed by atoms with E-state index in [2.05, 4.69) is 6.92 Å². The molecule has 4 fully saturated rings. The van der Waals surface area contributed by atoms with Crippen LogP contribution in [0.2, 0.25) is 0 Å². The number of aliphatic hydroxyl groups excluding tert-OH is 1. The average molecular weight is 320 g/mol. The maximum Gasteiger partial charge on any atom is 0.309 e. The van der Waals surface area contributed by atoms with Crippen LogP contribution in [0.15, 0.2) is 0 Å². The Hall–Kier alpha value is -0.570. The molecule has 130 valence electrons. The Balaban J connectivity index is 1.71. The monoisotopic (exact) mass is 320 g/mol. The summed E-state index contributed by atoms with van der Waals surface area (Å²) in [4.78, 5) is 12.1. The van der Waals surface area contributed by atoms with Gasteiger partial charge < -0.3 is 10.2 Å². The van der Waals surface area contributed by atoms with Crippen molar-refractivity contribution < 1.29 is 15.0 Å². The van der Waals surface area contributed by atoms with E-state index in [-0.39, 0.29) is 5.41 Å². The van der Waals surface area contributed by atoms with Gasteiger partial charge in [0.1, 0.15) is 0 Å². The molecule has 0 amide bonds. The first kappa shape index (κ1) is 15.9. The number of carboxylic acids is 1. The van der Waals surface area contributed by atoms with Gasteiger partial charge in [-0.1, -0.05) is 13.3 Å². The van der Waals surface area contributed by atoms with E-state index in [1.165, 1.54) is 38.5 Å². The van der Waals surface area contributed by atoms with E-state index in [9.17, 15) is 15.0 Å². The number of hydrogen-bond acceptors (Lipinski definition) is 2. The minimum Gasteiger partial charge on any atom is -0.481 e. The summed E-state index contributed by atoms with van der Waals surface area (Å²) in [5, 5.41) is 19.7. The number of carbonyl (C=O) groups is 1. The molecule has 0 saturated heterocycles. The fraction of sp³-hybridized carbons (Fsp3) is 0.950. The van der Waals surface area contributed by atoms with Gasteiger partial charge in [0.15, 0.2) is 0 Å². The lowest BCUT2D eigenvalue weighted by atomic mass is 9.41. The van der Waals surface area contributed by atoms with E-state index in [0.717, 1.165) is 25.2 Å². The first-order valence-corrected chi connectivity index (χ1v) is 9.70. The summed E-state index contributed by atoms with van der Waals surface area (Å²) in [7, 11) is 0. The molecule has 7 atom stereocenters. The number of rotatable bonds is 2. The Morgan fingerprint density at radius 3 is 2.52 bits per heavy atom. The van der Waals surface area contributed by atoms with Gasteiger partial charge in [0.05, 0.1) is 5.41 Å². The Morgan fingerprint density at radius 2 is 1.83 bits per heavy atom. The SMILES string of the molecule is C[C@@]12CCC[C@@](C)(C(=O)O)C1CC[C@]13C[C@H](CO)[C@@H](CCC12)C3. The van der Waals surface area contributed by atoms with Crippen molar-refractivity contribution in [2.24, 2.45) is 39.9 Å². The highest BCUT2D eigenvalue weighted by atomic mass is 16.4. The quantitative estimate of drug-likeness (QED) is 0.805. The fourth-order valence-corrected chi connectivity index (χ4v) is 8.06. The second kappa shape index (κ2) is 4.97. The summed E-state index contributed by atoms with van der Waals surface area (Å²) in [6, 6.07) is 0. The van der Waals surface area contributed by atoms with Crippen molar-refractivity contribution >= 4 is 5.97 Å². The first-order chi connectivity index (χ1) is 10.9. The lowest BCUT2D eigenvalue weighted by Crippen LogP contribution is -2.58. The molecule has 4 aliphatic carbocycles. The third-order valence-electron chi connectivity index (χ3n) is 9.00. The third-order valence-corrected chi connectivity index (χ3v) is 9.00. The Labute approximate surface area is 139 Å². The van der Waals surface area contributed by atoms with Gasteiger partial charge in [-0.15, -0.1) is 0 Å². The zero-order valence-electron chi connectivity index (χ0n) is 14.7. The molecular weight excluding hydrogens is 288 g/mol. The van der Waals surface area contributed by atoms with E-state index < -0.39 is 11.4 Å². The molecule has 0 aromatic carbocycles. The van der Waals surface area contributed by atoms with E-state index >= 15 is 0 Å². The maximum atomic E-state index is 12.1. The van der Waals surface area contributed by atoms with Gasteiger partial charge in [-0.25, -0.2) is 0 Å². The molecule has 0 heterocycles. The second-order valence-electron chi connectivity index (χ2n) is 9.78. The van der Waals surface area contributed by atoms with Crippen molar-refractivity contribution in [1.82, 2.24) is 0 Å². The van der Waals surface area contributed by atoms with Crippen LogP contribution < -0.4 is 0 Å². The molecular formula is C20H32O3. The summed E-state index contributed by atoms with van der Waals surface area (Å²) in [5.74, 6) is 1.68. The van der Waals surface area contributed by atoms with Crippen molar-refractivity contribution in [2.45, 2.75) is 71.6 Å². The van der Waals surface area contributed by atoms with Crippen LogP contribution in [0.5, 0.6) is 0 Å². The number of carboxylic acid groups (broad SMARTS) is 1. The molecule has 4 aliphatic rings. The topological polar surface area (TPSA) is 57.5 Å². The van der Waals surface area contributed by atoms with Gasteiger partial charge in [0.2, 0.25) is 0 Å². The molecule has 0 aromatic heterocycles. The van der Waals surface area contributed by atoms with Crippen LogP contribution in [0.4, 0.5) is 0 Å². The van der Waals surface area contributed by atoms with Crippen molar-refractivity contribution in [2.75, 3.05) is 6.61 Å². The minimum atomic E-state index is -0.572. The standard InChI is InChI=1S/C20H32O3/c1-18-7-3-8-19(2,17(22)23)15(18)6-9-20-10-13(4-5-16(18)20)14(11-20)12-21/h13-16,21H,3-12H2,1-2H3,(H,22,23)/t13-,14+,15?,16?,18+,19+,20-/m0/s1. The van der Waals surface area contributed by atoms with E-state index in [0.29, 0.717) is 29.8 Å². The van der Waals surface area contributed by atoms with Crippen LogP contribution in [0, 0.1) is 39.9 Å². The highest BCUT2D eigenvalue weighted by molar-refractivity contribution is 5.75. The molecule has 2 bridgehead atoms. The number of fused-ring (bicyclic) bond motifs is 3. The molecule has 0 aromatic rings. The zero-order valence-corrected chi connectivity index (χ0v) is 14.7. The normalized spacial score (nSPS) is 55.1. The Kier molecular flexibility index (Phi) is 3.44. The molecule has 3 nitrogen and oxygen atoms in total. The van der Waals surface area contributed by atoms with Crippen molar-refractivity contribution in [3.63, 3.8) is 0 Å². The molecule has 4 rings (SSSR count). The Morgan fingerprint density at radius 1 is 1.04 bits per heavy atom. The van der Waals surface area contributed by atoms with Crippen LogP contribution in [-0.4, -0.2) is 22.8 Å². The summed E-state index contributed by atoms with van der Waals surface area (Å²) >= 11 is 0. The molecule has 2 unspecified atom stereocenters. The van der Waals surface area contributed by atoms with Gasteiger partial charge in [-0.3, -0.25) is 4.79 Å². The minimum absolute atomic E-state index is 0.193. The third kappa shape index (κ3) is 1.95.